The molecule has 1 aliphatic heterocycles. The number of halogens is 1. The molecule has 4 heteroatoms. The van der Waals surface area contributed by atoms with Crippen LogP contribution >= 0.6 is 15.9 Å². The van der Waals surface area contributed by atoms with E-state index in [0.29, 0.717) is 6.61 Å². The first-order valence-electron chi connectivity index (χ1n) is 9.50. The molecule has 1 aliphatic rings. The second-order valence-corrected chi connectivity index (χ2v) is 7.78. The van der Waals surface area contributed by atoms with E-state index in [4.69, 9.17) is 4.74 Å². The predicted octanol–water partition coefficient (Wildman–Crippen LogP) is 5.53. The summed E-state index contributed by atoms with van der Waals surface area (Å²) in [5.74, 6) is -0.160. The predicted molar refractivity (Wildman–Crippen MR) is 114 cm³/mol. The first-order chi connectivity index (χ1) is 13.7. The van der Waals surface area contributed by atoms with Crippen LogP contribution in [0.25, 0.3) is 0 Å². The molecule has 0 saturated carbocycles. The molecule has 4 rings (SSSR count). The van der Waals surface area contributed by atoms with E-state index < -0.39 is 0 Å². The summed E-state index contributed by atoms with van der Waals surface area (Å²) in [5, 5.41) is 0. The highest BCUT2D eigenvalue weighted by Crippen LogP contribution is 2.52. The van der Waals surface area contributed by atoms with Crippen LogP contribution in [0.4, 0.5) is 0 Å². The lowest BCUT2D eigenvalue weighted by Crippen LogP contribution is -2.20. The van der Waals surface area contributed by atoms with Crippen LogP contribution in [0.2, 0.25) is 0 Å². The normalized spacial score (nSPS) is 20.8. The Morgan fingerprint density at radius 1 is 0.929 bits per heavy atom. The van der Waals surface area contributed by atoms with Crippen molar-refractivity contribution in [1.82, 2.24) is 4.90 Å². The number of esters is 1. The lowest BCUT2D eigenvalue weighted by atomic mass is 9.98. The van der Waals surface area contributed by atoms with E-state index in [0.717, 1.165) is 10.0 Å². The lowest BCUT2D eigenvalue weighted by Gasteiger charge is -2.21. The van der Waals surface area contributed by atoms with Crippen molar-refractivity contribution in [3.8, 4) is 0 Å². The van der Waals surface area contributed by atoms with Crippen LogP contribution in [0, 0.1) is 0 Å². The summed E-state index contributed by atoms with van der Waals surface area (Å²) in [6, 6.07) is 28.6. The Hall–Kier alpha value is -2.43. The third-order valence-electron chi connectivity index (χ3n) is 5.12. The monoisotopic (exact) mass is 435 g/mol. The highest BCUT2D eigenvalue weighted by Gasteiger charge is 2.57. The first-order valence-corrected chi connectivity index (χ1v) is 10.3. The SMILES string of the molecule is CCOC(=O)[C@H]1[C@@H](c2ccc(Br)cc2)N1C(c1ccccc1)c1ccccc1. The molecule has 142 valence electrons. The van der Waals surface area contributed by atoms with E-state index in [2.05, 4.69) is 57.2 Å². The molecule has 1 heterocycles. The molecule has 28 heavy (non-hydrogen) atoms. The van der Waals surface area contributed by atoms with Gasteiger partial charge in [-0.1, -0.05) is 88.7 Å². The van der Waals surface area contributed by atoms with Crippen molar-refractivity contribution >= 4 is 21.9 Å². The standard InChI is InChI=1S/C24H22BrNO2/c1-2-28-24(27)23-22(19-13-15-20(25)16-14-19)26(23)21(17-9-5-3-6-10-17)18-11-7-4-8-12-18/h3-16,21-23H,2H2,1H3/t22-,23-,26?/m1/s1. The third kappa shape index (κ3) is 3.75. The second kappa shape index (κ2) is 8.29. The Kier molecular flexibility index (Phi) is 5.60. The van der Waals surface area contributed by atoms with Crippen LogP contribution in [-0.2, 0) is 9.53 Å². The third-order valence-corrected chi connectivity index (χ3v) is 5.65. The topological polar surface area (TPSA) is 29.3 Å². The van der Waals surface area contributed by atoms with Gasteiger partial charge in [-0.25, -0.2) is 0 Å². The molecule has 0 aliphatic carbocycles. The molecule has 1 unspecified atom stereocenters. The molecular weight excluding hydrogens is 414 g/mol. The van der Waals surface area contributed by atoms with Crippen LogP contribution in [0.1, 0.15) is 35.7 Å². The maximum atomic E-state index is 12.8. The number of nitrogens with zero attached hydrogens (tertiary/aromatic N) is 1. The van der Waals surface area contributed by atoms with E-state index in [1.807, 2.05) is 55.5 Å². The van der Waals surface area contributed by atoms with Gasteiger partial charge in [0, 0.05) is 4.47 Å². The Labute approximate surface area is 174 Å². The molecule has 3 atom stereocenters. The fourth-order valence-corrected chi connectivity index (χ4v) is 4.13. The Morgan fingerprint density at radius 2 is 1.46 bits per heavy atom. The maximum absolute atomic E-state index is 12.8. The smallest absolute Gasteiger partial charge is 0.325 e. The summed E-state index contributed by atoms with van der Waals surface area (Å²) in [7, 11) is 0. The van der Waals surface area contributed by atoms with Crippen molar-refractivity contribution < 1.29 is 9.53 Å². The Bertz CT molecular complexity index is 888. The van der Waals surface area contributed by atoms with E-state index in [-0.39, 0.29) is 24.1 Å². The van der Waals surface area contributed by atoms with E-state index >= 15 is 0 Å². The number of hydrogen-bond donors (Lipinski definition) is 0. The maximum Gasteiger partial charge on any atom is 0.325 e. The van der Waals surface area contributed by atoms with Gasteiger partial charge < -0.3 is 4.74 Å². The number of carbonyl (C=O) groups is 1. The molecule has 0 bridgehead atoms. The summed E-state index contributed by atoms with van der Waals surface area (Å²) in [5.41, 5.74) is 3.46. The van der Waals surface area contributed by atoms with Gasteiger partial charge in [0.05, 0.1) is 18.7 Å². The molecule has 1 fully saturated rings. The minimum atomic E-state index is -0.286. The lowest BCUT2D eigenvalue weighted by molar-refractivity contribution is -0.143. The van der Waals surface area contributed by atoms with E-state index in [1.54, 1.807) is 0 Å². The van der Waals surface area contributed by atoms with E-state index in [1.165, 1.54) is 11.1 Å². The second-order valence-electron chi connectivity index (χ2n) is 6.86. The van der Waals surface area contributed by atoms with Gasteiger partial charge >= 0.3 is 5.97 Å². The van der Waals surface area contributed by atoms with Crippen LogP contribution in [0.5, 0.6) is 0 Å². The zero-order valence-corrected chi connectivity index (χ0v) is 17.2. The van der Waals surface area contributed by atoms with Crippen LogP contribution < -0.4 is 0 Å². The summed E-state index contributed by atoms with van der Waals surface area (Å²) in [6.45, 7) is 2.24. The van der Waals surface area contributed by atoms with Gasteiger partial charge in [0.15, 0.2) is 0 Å². The van der Waals surface area contributed by atoms with Gasteiger partial charge in [-0.15, -0.1) is 0 Å². The summed E-state index contributed by atoms with van der Waals surface area (Å²) < 4.78 is 6.43. The highest BCUT2D eigenvalue weighted by molar-refractivity contribution is 9.10. The van der Waals surface area contributed by atoms with Crippen molar-refractivity contribution in [2.45, 2.75) is 25.0 Å². The van der Waals surface area contributed by atoms with Crippen LogP contribution in [-0.4, -0.2) is 23.5 Å². The number of hydrogen-bond acceptors (Lipinski definition) is 3. The van der Waals surface area contributed by atoms with Crippen molar-refractivity contribution in [3.63, 3.8) is 0 Å². The van der Waals surface area contributed by atoms with Crippen molar-refractivity contribution in [3.05, 3.63) is 106 Å². The average Bonchev–Trinajstić information content (AvgIpc) is 3.46. The molecule has 0 radical (unpaired) electrons. The Balaban J connectivity index is 1.76. The minimum absolute atomic E-state index is 0.00226. The van der Waals surface area contributed by atoms with Crippen molar-refractivity contribution in [2.75, 3.05) is 6.61 Å². The molecule has 0 N–H and O–H groups in total. The Morgan fingerprint density at radius 3 is 1.96 bits per heavy atom. The summed E-state index contributed by atoms with van der Waals surface area (Å²) in [4.78, 5) is 15.0. The van der Waals surface area contributed by atoms with Crippen LogP contribution in [0.3, 0.4) is 0 Å². The number of rotatable bonds is 6. The molecule has 3 nitrogen and oxygen atoms in total. The zero-order chi connectivity index (χ0) is 19.5. The first kappa shape index (κ1) is 18.9. The fraction of sp³-hybridized carbons (Fsp3) is 0.208. The fourth-order valence-electron chi connectivity index (χ4n) is 3.87. The van der Waals surface area contributed by atoms with Gasteiger partial charge in [-0.05, 0) is 35.7 Å². The largest absolute Gasteiger partial charge is 0.465 e. The average molecular weight is 436 g/mol. The molecule has 0 aromatic heterocycles. The van der Waals surface area contributed by atoms with Crippen molar-refractivity contribution in [2.24, 2.45) is 0 Å². The minimum Gasteiger partial charge on any atom is -0.465 e. The summed E-state index contributed by atoms with van der Waals surface area (Å²) in [6.07, 6.45) is 0. The van der Waals surface area contributed by atoms with Gasteiger partial charge in [-0.3, -0.25) is 9.69 Å². The molecule has 3 aromatic rings. The van der Waals surface area contributed by atoms with Gasteiger partial charge in [-0.2, -0.15) is 0 Å². The molecule has 1 saturated heterocycles. The molecule has 0 spiro atoms. The highest BCUT2D eigenvalue weighted by atomic mass is 79.9. The number of carbonyl (C=O) groups excluding carboxylic acids is 1. The number of benzene rings is 3. The van der Waals surface area contributed by atoms with Crippen LogP contribution in [0.15, 0.2) is 89.4 Å². The van der Waals surface area contributed by atoms with E-state index in [9.17, 15) is 4.79 Å². The zero-order valence-electron chi connectivity index (χ0n) is 15.7. The number of ether oxygens (including phenoxy) is 1. The quantitative estimate of drug-likeness (QED) is 0.376. The molecular formula is C24H22BrNO2. The van der Waals surface area contributed by atoms with Gasteiger partial charge in [0.2, 0.25) is 0 Å². The molecule has 3 aromatic carbocycles. The van der Waals surface area contributed by atoms with Gasteiger partial charge in [0.1, 0.15) is 6.04 Å². The molecule has 0 amide bonds. The van der Waals surface area contributed by atoms with Crippen molar-refractivity contribution in [1.29, 1.82) is 0 Å². The van der Waals surface area contributed by atoms with Gasteiger partial charge in [0.25, 0.3) is 0 Å². The summed E-state index contributed by atoms with van der Waals surface area (Å²) >= 11 is 3.50.